The first kappa shape index (κ1) is 15.5. The van der Waals surface area contributed by atoms with E-state index >= 15 is 0 Å². The molecule has 0 unspecified atom stereocenters. The maximum absolute atomic E-state index is 13.1. The molecule has 1 aromatic heterocycles. The summed E-state index contributed by atoms with van der Waals surface area (Å²) in [5, 5.41) is 3.34. The summed E-state index contributed by atoms with van der Waals surface area (Å²) >= 11 is 0. The summed E-state index contributed by atoms with van der Waals surface area (Å²) in [6, 6.07) is 0.182. The van der Waals surface area contributed by atoms with Gasteiger partial charge in [0.05, 0.1) is 6.33 Å². The summed E-state index contributed by atoms with van der Waals surface area (Å²) in [6.07, 6.45) is 13.4. The Morgan fingerprint density at radius 1 is 1.27 bits per heavy atom. The average Bonchev–Trinajstić information content (AvgIpc) is 3.26. The van der Waals surface area contributed by atoms with E-state index in [1.807, 2.05) is 17.1 Å². The molecule has 0 radical (unpaired) electrons. The number of carbonyl (C=O) groups excluding carboxylic acids is 1. The van der Waals surface area contributed by atoms with Crippen LogP contribution in [0.4, 0.5) is 0 Å². The number of hydrogen-bond acceptors (Lipinski definition) is 3. The minimum absolute atomic E-state index is 0.182. The van der Waals surface area contributed by atoms with Crippen LogP contribution in [-0.2, 0) is 11.3 Å². The van der Waals surface area contributed by atoms with Crippen molar-refractivity contribution >= 4 is 5.91 Å². The molecular weight excluding hydrogens is 276 g/mol. The van der Waals surface area contributed by atoms with Crippen molar-refractivity contribution in [2.75, 3.05) is 13.1 Å². The predicted molar refractivity (Wildman–Crippen MR) is 86.5 cm³/mol. The zero-order valence-corrected chi connectivity index (χ0v) is 13.6. The summed E-state index contributed by atoms with van der Waals surface area (Å²) in [4.78, 5) is 19.6. The van der Waals surface area contributed by atoms with Gasteiger partial charge >= 0.3 is 0 Å². The van der Waals surface area contributed by atoms with E-state index in [2.05, 4.69) is 22.1 Å². The number of aromatic nitrogens is 2. The van der Waals surface area contributed by atoms with E-state index in [0.29, 0.717) is 0 Å². The second-order valence-electron chi connectivity index (χ2n) is 6.77. The zero-order valence-electron chi connectivity index (χ0n) is 13.6. The quantitative estimate of drug-likeness (QED) is 0.876. The van der Waals surface area contributed by atoms with Gasteiger partial charge in [-0.05, 0) is 45.2 Å². The highest BCUT2D eigenvalue weighted by Crippen LogP contribution is 2.37. The topological polar surface area (TPSA) is 50.2 Å². The number of carbonyl (C=O) groups is 1. The Kier molecular flexibility index (Phi) is 4.81. The van der Waals surface area contributed by atoms with E-state index in [1.54, 1.807) is 6.20 Å². The molecule has 1 saturated heterocycles. The number of likely N-dealkylation sites (tertiary alicyclic amines) is 1. The summed E-state index contributed by atoms with van der Waals surface area (Å²) < 4.78 is 2.05. The highest BCUT2D eigenvalue weighted by atomic mass is 16.2. The van der Waals surface area contributed by atoms with Gasteiger partial charge in [-0.25, -0.2) is 4.98 Å². The van der Waals surface area contributed by atoms with E-state index in [0.717, 1.165) is 38.9 Å². The number of amides is 1. The number of nitrogens with one attached hydrogen (secondary N) is 1. The Hall–Kier alpha value is -1.36. The molecule has 2 aliphatic rings. The van der Waals surface area contributed by atoms with Crippen molar-refractivity contribution in [1.82, 2.24) is 19.8 Å². The SMILES string of the molecule is CC[C@H](Cn1ccnc1)NC(=O)C1(N2CCCC2)CCCC1. The lowest BCUT2D eigenvalue weighted by molar-refractivity contribution is -0.133. The van der Waals surface area contributed by atoms with Gasteiger partial charge in [0.2, 0.25) is 5.91 Å². The maximum atomic E-state index is 13.1. The van der Waals surface area contributed by atoms with Gasteiger partial charge in [-0.15, -0.1) is 0 Å². The van der Waals surface area contributed by atoms with E-state index in [9.17, 15) is 4.79 Å². The molecule has 0 aromatic carbocycles. The van der Waals surface area contributed by atoms with Crippen LogP contribution in [0.3, 0.4) is 0 Å². The van der Waals surface area contributed by atoms with E-state index in [1.165, 1.54) is 25.7 Å². The summed E-state index contributed by atoms with van der Waals surface area (Å²) in [5.74, 6) is 0.263. The smallest absolute Gasteiger partial charge is 0.240 e. The third-order valence-electron chi connectivity index (χ3n) is 5.38. The monoisotopic (exact) mass is 304 g/mol. The molecule has 5 heteroatoms. The summed E-state index contributed by atoms with van der Waals surface area (Å²) in [6.45, 7) is 5.12. The van der Waals surface area contributed by atoms with Crippen molar-refractivity contribution in [1.29, 1.82) is 0 Å². The Balaban J connectivity index is 1.67. The highest BCUT2D eigenvalue weighted by Gasteiger charge is 2.47. The number of hydrogen-bond donors (Lipinski definition) is 1. The fourth-order valence-corrected chi connectivity index (χ4v) is 4.04. The van der Waals surface area contributed by atoms with Crippen molar-refractivity contribution in [3.63, 3.8) is 0 Å². The molecule has 2 heterocycles. The number of rotatable bonds is 6. The zero-order chi connectivity index (χ0) is 15.4. The molecule has 1 aromatic rings. The minimum Gasteiger partial charge on any atom is -0.350 e. The van der Waals surface area contributed by atoms with Gasteiger partial charge < -0.3 is 9.88 Å². The fourth-order valence-electron chi connectivity index (χ4n) is 4.04. The molecule has 0 bridgehead atoms. The first-order valence-corrected chi connectivity index (χ1v) is 8.76. The Morgan fingerprint density at radius 2 is 2.00 bits per heavy atom. The Morgan fingerprint density at radius 3 is 2.59 bits per heavy atom. The molecule has 1 aliphatic heterocycles. The van der Waals surface area contributed by atoms with Crippen LogP contribution in [0.5, 0.6) is 0 Å². The molecule has 1 N–H and O–H groups in total. The summed E-state index contributed by atoms with van der Waals surface area (Å²) in [7, 11) is 0. The van der Waals surface area contributed by atoms with E-state index < -0.39 is 0 Å². The molecule has 1 aliphatic carbocycles. The molecule has 5 nitrogen and oxygen atoms in total. The van der Waals surface area contributed by atoms with Gasteiger partial charge in [0, 0.05) is 25.0 Å². The first-order chi connectivity index (χ1) is 10.7. The largest absolute Gasteiger partial charge is 0.350 e. The Labute approximate surface area is 133 Å². The van der Waals surface area contributed by atoms with Gasteiger partial charge in [-0.2, -0.15) is 0 Å². The molecule has 2 fully saturated rings. The van der Waals surface area contributed by atoms with Crippen molar-refractivity contribution in [2.24, 2.45) is 0 Å². The molecule has 22 heavy (non-hydrogen) atoms. The first-order valence-electron chi connectivity index (χ1n) is 8.76. The minimum atomic E-state index is -0.223. The standard InChI is InChI=1S/C17H28N4O/c1-2-15(13-20-12-9-18-14-20)19-16(22)17(7-3-4-8-17)21-10-5-6-11-21/h9,12,14-15H,2-8,10-11,13H2,1H3,(H,19,22)/t15-/m1/s1. The van der Waals surface area contributed by atoms with Crippen LogP contribution < -0.4 is 5.32 Å². The molecular formula is C17H28N4O. The van der Waals surface area contributed by atoms with Gasteiger partial charge in [0.1, 0.15) is 5.54 Å². The number of imidazole rings is 1. The lowest BCUT2D eigenvalue weighted by atomic mass is 9.93. The van der Waals surface area contributed by atoms with Crippen LogP contribution in [0.25, 0.3) is 0 Å². The lowest BCUT2D eigenvalue weighted by Gasteiger charge is -2.38. The van der Waals surface area contributed by atoms with Crippen LogP contribution in [-0.4, -0.2) is 45.0 Å². The van der Waals surface area contributed by atoms with Gasteiger partial charge in [0.15, 0.2) is 0 Å². The molecule has 0 spiro atoms. The van der Waals surface area contributed by atoms with Gasteiger partial charge in [0.25, 0.3) is 0 Å². The van der Waals surface area contributed by atoms with Gasteiger partial charge in [-0.3, -0.25) is 9.69 Å². The molecule has 1 saturated carbocycles. The fraction of sp³-hybridized carbons (Fsp3) is 0.765. The third-order valence-corrected chi connectivity index (χ3v) is 5.38. The summed E-state index contributed by atoms with van der Waals surface area (Å²) in [5.41, 5.74) is -0.223. The van der Waals surface area contributed by atoms with Crippen LogP contribution in [0, 0.1) is 0 Å². The number of nitrogens with zero attached hydrogens (tertiary/aromatic N) is 3. The van der Waals surface area contributed by atoms with E-state index in [4.69, 9.17) is 0 Å². The van der Waals surface area contributed by atoms with Crippen molar-refractivity contribution in [3.8, 4) is 0 Å². The normalized spacial score (nSPS) is 22.8. The van der Waals surface area contributed by atoms with Crippen molar-refractivity contribution in [2.45, 2.75) is 70.0 Å². The van der Waals surface area contributed by atoms with Crippen molar-refractivity contribution < 1.29 is 4.79 Å². The second-order valence-corrected chi connectivity index (χ2v) is 6.77. The predicted octanol–water partition coefficient (Wildman–Crippen LogP) is 2.19. The van der Waals surface area contributed by atoms with E-state index in [-0.39, 0.29) is 17.5 Å². The maximum Gasteiger partial charge on any atom is 0.240 e. The molecule has 122 valence electrons. The van der Waals surface area contributed by atoms with Crippen LogP contribution in [0.1, 0.15) is 51.9 Å². The second kappa shape index (κ2) is 6.82. The van der Waals surface area contributed by atoms with Crippen LogP contribution in [0.15, 0.2) is 18.7 Å². The molecule has 1 amide bonds. The lowest BCUT2D eigenvalue weighted by Crippen LogP contribution is -2.58. The average molecular weight is 304 g/mol. The van der Waals surface area contributed by atoms with Crippen molar-refractivity contribution in [3.05, 3.63) is 18.7 Å². The highest BCUT2D eigenvalue weighted by molar-refractivity contribution is 5.87. The van der Waals surface area contributed by atoms with Gasteiger partial charge in [-0.1, -0.05) is 19.8 Å². The molecule has 1 atom stereocenters. The van der Waals surface area contributed by atoms with Crippen LogP contribution in [0.2, 0.25) is 0 Å². The molecule has 3 rings (SSSR count). The Bertz CT molecular complexity index is 473. The van der Waals surface area contributed by atoms with Crippen LogP contribution >= 0.6 is 0 Å². The third kappa shape index (κ3) is 3.05.